The van der Waals surface area contributed by atoms with Crippen LogP contribution in [0.25, 0.3) is 0 Å². The maximum atomic E-state index is 11.9. The molecule has 0 aliphatic heterocycles. The molecule has 0 aromatic carbocycles. The maximum absolute atomic E-state index is 11.9. The van der Waals surface area contributed by atoms with Crippen LogP contribution in [0.1, 0.15) is 27.2 Å². The number of carbonyl (C=O) groups is 2. The highest BCUT2D eigenvalue weighted by atomic mass is 16.2. The molecule has 2 amide bonds. The van der Waals surface area contributed by atoms with Crippen molar-refractivity contribution in [2.24, 2.45) is 0 Å². The summed E-state index contributed by atoms with van der Waals surface area (Å²) in [5.41, 5.74) is 0. The second-order valence-corrected chi connectivity index (χ2v) is 3.87. The standard InChI is InChI=1S/C12H22N4O2/c1-4-16(5-2)12(18)10(3)15-9-11(17)14-8-6-7-13/h10,15H,4-6,8-9H2,1-3H3,(H,14,17). The fraction of sp³-hybridized carbons (Fsp3) is 0.750. The minimum absolute atomic E-state index is 0.00942. The van der Waals surface area contributed by atoms with Crippen LogP contribution < -0.4 is 10.6 Å². The first-order valence-corrected chi connectivity index (χ1v) is 6.22. The number of nitrogens with zero attached hydrogens (tertiary/aromatic N) is 2. The molecule has 0 spiro atoms. The van der Waals surface area contributed by atoms with Crippen molar-refractivity contribution in [3.8, 4) is 6.07 Å². The van der Waals surface area contributed by atoms with E-state index in [9.17, 15) is 9.59 Å². The molecule has 0 aromatic rings. The number of hydrogen-bond acceptors (Lipinski definition) is 4. The predicted molar refractivity (Wildman–Crippen MR) is 68.6 cm³/mol. The van der Waals surface area contributed by atoms with Gasteiger partial charge in [-0.05, 0) is 20.8 Å². The van der Waals surface area contributed by atoms with Crippen molar-refractivity contribution < 1.29 is 9.59 Å². The first kappa shape index (κ1) is 16.4. The Morgan fingerprint density at radius 1 is 1.33 bits per heavy atom. The lowest BCUT2D eigenvalue weighted by Gasteiger charge is -2.23. The first-order valence-electron chi connectivity index (χ1n) is 6.22. The zero-order valence-corrected chi connectivity index (χ0v) is 11.3. The van der Waals surface area contributed by atoms with Gasteiger partial charge in [0.2, 0.25) is 11.8 Å². The molecule has 0 saturated heterocycles. The topological polar surface area (TPSA) is 85.2 Å². The van der Waals surface area contributed by atoms with Crippen LogP contribution in [-0.4, -0.2) is 48.9 Å². The van der Waals surface area contributed by atoms with Gasteiger partial charge in [-0.2, -0.15) is 5.26 Å². The van der Waals surface area contributed by atoms with Crippen molar-refractivity contribution in [3.63, 3.8) is 0 Å². The fourth-order valence-corrected chi connectivity index (χ4v) is 1.46. The van der Waals surface area contributed by atoms with Crippen LogP contribution in [0.4, 0.5) is 0 Å². The number of nitrogens with one attached hydrogen (secondary N) is 2. The molecule has 0 bridgehead atoms. The second kappa shape index (κ2) is 9.42. The quantitative estimate of drug-likeness (QED) is 0.591. The predicted octanol–water partition coefficient (Wildman–Crippen LogP) is -0.137. The smallest absolute Gasteiger partial charge is 0.239 e. The lowest BCUT2D eigenvalue weighted by Crippen LogP contribution is -2.47. The van der Waals surface area contributed by atoms with Crippen LogP contribution in [0.3, 0.4) is 0 Å². The molecule has 18 heavy (non-hydrogen) atoms. The fourth-order valence-electron chi connectivity index (χ4n) is 1.46. The van der Waals surface area contributed by atoms with E-state index in [0.717, 1.165) is 0 Å². The van der Waals surface area contributed by atoms with Gasteiger partial charge in [0.15, 0.2) is 0 Å². The average Bonchev–Trinajstić information content (AvgIpc) is 2.37. The lowest BCUT2D eigenvalue weighted by molar-refractivity contribution is -0.132. The molecular formula is C12H22N4O2. The van der Waals surface area contributed by atoms with E-state index in [4.69, 9.17) is 5.26 Å². The lowest BCUT2D eigenvalue weighted by atomic mass is 10.2. The highest BCUT2D eigenvalue weighted by molar-refractivity contribution is 5.83. The zero-order chi connectivity index (χ0) is 14.0. The SMILES string of the molecule is CCN(CC)C(=O)C(C)NCC(=O)NCCC#N. The molecule has 6 heteroatoms. The Balaban J connectivity index is 3.95. The van der Waals surface area contributed by atoms with Crippen LogP contribution >= 0.6 is 0 Å². The van der Waals surface area contributed by atoms with Gasteiger partial charge in [0.25, 0.3) is 0 Å². The average molecular weight is 254 g/mol. The molecule has 0 aliphatic rings. The Morgan fingerprint density at radius 3 is 2.44 bits per heavy atom. The van der Waals surface area contributed by atoms with Crippen molar-refractivity contribution in [2.45, 2.75) is 33.2 Å². The van der Waals surface area contributed by atoms with Crippen LogP contribution in [0, 0.1) is 11.3 Å². The molecule has 0 heterocycles. The van der Waals surface area contributed by atoms with Gasteiger partial charge in [-0.1, -0.05) is 0 Å². The summed E-state index contributed by atoms with van der Waals surface area (Å²) < 4.78 is 0. The molecule has 0 aromatic heterocycles. The third-order valence-electron chi connectivity index (χ3n) is 2.57. The molecule has 0 fully saturated rings. The van der Waals surface area contributed by atoms with Crippen molar-refractivity contribution in [2.75, 3.05) is 26.2 Å². The van der Waals surface area contributed by atoms with Crippen LogP contribution in [-0.2, 0) is 9.59 Å². The molecule has 1 atom stereocenters. The third-order valence-corrected chi connectivity index (χ3v) is 2.57. The summed E-state index contributed by atoms with van der Waals surface area (Å²) in [5, 5.41) is 13.8. The van der Waals surface area contributed by atoms with Gasteiger partial charge in [-0.25, -0.2) is 0 Å². The van der Waals surface area contributed by atoms with Crippen LogP contribution in [0.15, 0.2) is 0 Å². The Kier molecular flexibility index (Phi) is 8.58. The van der Waals surface area contributed by atoms with Gasteiger partial charge in [0.1, 0.15) is 0 Å². The van der Waals surface area contributed by atoms with Crippen molar-refractivity contribution in [1.82, 2.24) is 15.5 Å². The molecule has 6 nitrogen and oxygen atoms in total. The molecular weight excluding hydrogens is 232 g/mol. The van der Waals surface area contributed by atoms with Gasteiger partial charge >= 0.3 is 0 Å². The maximum Gasteiger partial charge on any atom is 0.239 e. The summed E-state index contributed by atoms with van der Waals surface area (Å²) in [7, 11) is 0. The van der Waals surface area contributed by atoms with Gasteiger partial charge < -0.3 is 10.2 Å². The van der Waals surface area contributed by atoms with E-state index in [1.807, 2.05) is 19.9 Å². The summed E-state index contributed by atoms with van der Waals surface area (Å²) >= 11 is 0. The summed E-state index contributed by atoms with van der Waals surface area (Å²) in [6, 6.07) is 1.56. The summed E-state index contributed by atoms with van der Waals surface area (Å²) in [5.74, 6) is -0.214. The summed E-state index contributed by atoms with van der Waals surface area (Å²) in [6.45, 7) is 7.33. The zero-order valence-electron chi connectivity index (χ0n) is 11.3. The Hall–Kier alpha value is -1.61. The molecule has 2 N–H and O–H groups in total. The number of rotatable bonds is 8. The van der Waals surface area contributed by atoms with Crippen molar-refractivity contribution >= 4 is 11.8 Å². The van der Waals surface area contributed by atoms with E-state index < -0.39 is 0 Å². The van der Waals surface area contributed by atoms with E-state index in [-0.39, 0.29) is 24.4 Å². The molecule has 1 unspecified atom stereocenters. The van der Waals surface area contributed by atoms with Crippen LogP contribution in [0.5, 0.6) is 0 Å². The Morgan fingerprint density at radius 2 is 1.94 bits per heavy atom. The minimum atomic E-state index is -0.383. The van der Waals surface area contributed by atoms with E-state index in [0.29, 0.717) is 26.1 Å². The van der Waals surface area contributed by atoms with E-state index in [2.05, 4.69) is 10.6 Å². The first-order chi connectivity index (χ1) is 8.56. The van der Waals surface area contributed by atoms with Gasteiger partial charge in [0.05, 0.1) is 25.1 Å². The Bertz CT molecular complexity index is 308. The second-order valence-electron chi connectivity index (χ2n) is 3.87. The van der Waals surface area contributed by atoms with E-state index in [1.165, 1.54) is 0 Å². The highest BCUT2D eigenvalue weighted by Gasteiger charge is 2.18. The number of nitriles is 1. The van der Waals surface area contributed by atoms with Gasteiger partial charge in [-0.15, -0.1) is 0 Å². The van der Waals surface area contributed by atoms with Crippen molar-refractivity contribution in [1.29, 1.82) is 5.26 Å². The number of likely N-dealkylation sites (N-methyl/N-ethyl adjacent to an activating group) is 1. The van der Waals surface area contributed by atoms with Crippen molar-refractivity contribution in [3.05, 3.63) is 0 Å². The highest BCUT2D eigenvalue weighted by Crippen LogP contribution is 1.94. The van der Waals surface area contributed by atoms with Gasteiger partial charge in [-0.3, -0.25) is 14.9 Å². The molecule has 0 saturated carbocycles. The Labute approximate surface area is 108 Å². The molecule has 0 rings (SSSR count). The number of carbonyl (C=O) groups excluding carboxylic acids is 2. The minimum Gasteiger partial charge on any atom is -0.354 e. The molecule has 0 radical (unpaired) electrons. The van der Waals surface area contributed by atoms with E-state index >= 15 is 0 Å². The monoisotopic (exact) mass is 254 g/mol. The van der Waals surface area contributed by atoms with Gasteiger partial charge in [0, 0.05) is 19.6 Å². The van der Waals surface area contributed by atoms with Crippen LogP contribution in [0.2, 0.25) is 0 Å². The summed E-state index contributed by atoms with van der Waals surface area (Å²) in [4.78, 5) is 24.9. The molecule has 102 valence electrons. The largest absolute Gasteiger partial charge is 0.354 e. The number of amides is 2. The third kappa shape index (κ3) is 6.21. The molecule has 0 aliphatic carbocycles. The summed E-state index contributed by atoms with van der Waals surface area (Å²) in [6.07, 6.45) is 0.291. The van der Waals surface area contributed by atoms with E-state index in [1.54, 1.807) is 11.8 Å². The number of hydrogen-bond donors (Lipinski definition) is 2. The normalized spacial score (nSPS) is 11.4.